The Bertz CT molecular complexity index is 951. The van der Waals surface area contributed by atoms with Crippen molar-refractivity contribution >= 4 is 17.7 Å². The van der Waals surface area contributed by atoms with Crippen molar-refractivity contribution in [3.63, 3.8) is 0 Å². The molecule has 4 rings (SSSR count). The number of amides is 1. The summed E-state index contributed by atoms with van der Waals surface area (Å²) in [4.78, 5) is 17.1. The fourth-order valence-electron chi connectivity index (χ4n) is 3.54. The molecular formula is C22H25N5OS. The Morgan fingerprint density at radius 1 is 1.00 bits per heavy atom. The number of thioether (sulfide) groups is 1. The molecule has 29 heavy (non-hydrogen) atoms. The summed E-state index contributed by atoms with van der Waals surface area (Å²) in [6, 6.07) is 18.6. The van der Waals surface area contributed by atoms with E-state index in [-0.39, 0.29) is 5.91 Å². The zero-order chi connectivity index (χ0) is 20.1. The van der Waals surface area contributed by atoms with Gasteiger partial charge in [-0.1, -0.05) is 60.3 Å². The Labute approximate surface area is 175 Å². The molecule has 0 saturated carbocycles. The van der Waals surface area contributed by atoms with Crippen LogP contribution in [0.1, 0.15) is 11.1 Å². The maximum atomic E-state index is 12.7. The monoisotopic (exact) mass is 407 g/mol. The second-order valence-electron chi connectivity index (χ2n) is 7.20. The first kappa shape index (κ1) is 19.7. The SMILES string of the molecule is Cc1ccccc1-n1cnnc1SCC(=O)N1CCN(Cc2ccccc2)CC1. The van der Waals surface area contributed by atoms with Crippen LogP contribution < -0.4 is 0 Å². The molecule has 0 bridgehead atoms. The number of aromatic nitrogens is 3. The number of para-hydroxylation sites is 1. The van der Waals surface area contributed by atoms with Gasteiger partial charge in [-0.2, -0.15) is 0 Å². The van der Waals surface area contributed by atoms with Gasteiger partial charge in [0.25, 0.3) is 0 Å². The molecule has 2 aromatic carbocycles. The Hall–Kier alpha value is -2.64. The van der Waals surface area contributed by atoms with E-state index in [0.717, 1.165) is 49.1 Å². The van der Waals surface area contributed by atoms with E-state index < -0.39 is 0 Å². The molecule has 0 radical (unpaired) electrons. The molecule has 1 fully saturated rings. The second-order valence-corrected chi connectivity index (χ2v) is 8.14. The van der Waals surface area contributed by atoms with E-state index in [0.29, 0.717) is 5.75 Å². The summed E-state index contributed by atoms with van der Waals surface area (Å²) in [6.45, 7) is 6.36. The number of aryl methyl sites for hydroxylation is 1. The molecule has 0 spiro atoms. The van der Waals surface area contributed by atoms with Crippen LogP contribution in [0.3, 0.4) is 0 Å². The average molecular weight is 408 g/mol. The molecule has 1 aliphatic rings. The number of benzene rings is 2. The summed E-state index contributed by atoms with van der Waals surface area (Å²) in [5.74, 6) is 0.539. The maximum absolute atomic E-state index is 12.7. The van der Waals surface area contributed by atoms with Crippen LogP contribution in [0.15, 0.2) is 66.1 Å². The van der Waals surface area contributed by atoms with Crippen LogP contribution in [0.4, 0.5) is 0 Å². The molecule has 0 atom stereocenters. The van der Waals surface area contributed by atoms with Crippen molar-refractivity contribution in [2.45, 2.75) is 18.6 Å². The van der Waals surface area contributed by atoms with Crippen molar-refractivity contribution in [1.29, 1.82) is 0 Å². The molecular weight excluding hydrogens is 382 g/mol. The number of carbonyl (C=O) groups is 1. The number of hydrogen-bond donors (Lipinski definition) is 0. The van der Waals surface area contributed by atoms with Crippen molar-refractivity contribution in [1.82, 2.24) is 24.6 Å². The molecule has 7 heteroatoms. The number of hydrogen-bond acceptors (Lipinski definition) is 5. The smallest absolute Gasteiger partial charge is 0.233 e. The minimum Gasteiger partial charge on any atom is -0.339 e. The molecule has 1 amide bonds. The molecule has 6 nitrogen and oxygen atoms in total. The summed E-state index contributed by atoms with van der Waals surface area (Å²) < 4.78 is 1.95. The highest BCUT2D eigenvalue weighted by Gasteiger charge is 2.22. The Morgan fingerprint density at radius 2 is 1.72 bits per heavy atom. The van der Waals surface area contributed by atoms with Gasteiger partial charge >= 0.3 is 0 Å². The standard InChI is InChI=1S/C22H25N5OS/c1-18-7-5-6-10-20(18)27-17-23-24-22(27)29-16-21(28)26-13-11-25(12-14-26)15-19-8-3-2-4-9-19/h2-10,17H,11-16H2,1H3. The van der Waals surface area contributed by atoms with Crippen LogP contribution in [0.2, 0.25) is 0 Å². The number of rotatable bonds is 6. The zero-order valence-electron chi connectivity index (χ0n) is 16.6. The highest BCUT2D eigenvalue weighted by atomic mass is 32.2. The third kappa shape index (κ3) is 4.86. The van der Waals surface area contributed by atoms with Crippen LogP contribution in [0.5, 0.6) is 0 Å². The Kier molecular flexibility index (Phi) is 6.27. The Balaban J connectivity index is 1.29. The van der Waals surface area contributed by atoms with E-state index in [1.54, 1.807) is 6.33 Å². The predicted octanol–water partition coefficient (Wildman–Crippen LogP) is 3.01. The largest absolute Gasteiger partial charge is 0.339 e. The van der Waals surface area contributed by atoms with Crippen LogP contribution in [-0.2, 0) is 11.3 Å². The Morgan fingerprint density at radius 3 is 2.48 bits per heavy atom. The van der Waals surface area contributed by atoms with E-state index in [1.165, 1.54) is 17.3 Å². The zero-order valence-corrected chi connectivity index (χ0v) is 17.4. The van der Waals surface area contributed by atoms with E-state index >= 15 is 0 Å². The van der Waals surface area contributed by atoms with Gasteiger partial charge < -0.3 is 4.90 Å². The average Bonchev–Trinajstić information content (AvgIpc) is 3.22. The fourth-order valence-corrected chi connectivity index (χ4v) is 4.36. The highest BCUT2D eigenvalue weighted by Crippen LogP contribution is 2.22. The van der Waals surface area contributed by atoms with E-state index in [1.807, 2.05) is 33.7 Å². The van der Waals surface area contributed by atoms with Gasteiger partial charge in [-0.05, 0) is 24.1 Å². The lowest BCUT2D eigenvalue weighted by Crippen LogP contribution is -2.48. The van der Waals surface area contributed by atoms with Gasteiger partial charge in [0.05, 0.1) is 11.4 Å². The predicted molar refractivity (Wildman–Crippen MR) is 115 cm³/mol. The van der Waals surface area contributed by atoms with Crippen LogP contribution >= 0.6 is 11.8 Å². The summed E-state index contributed by atoms with van der Waals surface area (Å²) in [5.41, 5.74) is 3.51. The van der Waals surface area contributed by atoms with Gasteiger partial charge in [-0.15, -0.1) is 10.2 Å². The summed E-state index contributed by atoms with van der Waals surface area (Å²) in [7, 11) is 0. The van der Waals surface area contributed by atoms with Crippen molar-refractivity contribution < 1.29 is 4.79 Å². The normalized spacial score (nSPS) is 14.9. The molecule has 1 saturated heterocycles. The number of carbonyl (C=O) groups excluding carboxylic acids is 1. The summed E-state index contributed by atoms with van der Waals surface area (Å²) in [6.07, 6.45) is 1.71. The van der Waals surface area contributed by atoms with Crippen molar-refractivity contribution in [3.05, 3.63) is 72.1 Å². The highest BCUT2D eigenvalue weighted by molar-refractivity contribution is 7.99. The van der Waals surface area contributed by atoms with Gasteiger partial charge in [0.15, 0.2) is 5.16 Å². The third-order valence-corrected chi connectivity index (χ3v) is 6.12. The van der Waals surface area contributed by atoms with E-state index in [2.05, 4.69) is 52.4 Å². The lowest BCUT2D eigenvalue weighted by atomic mass is 10.2. The molecule has 3 aromatic rings. The van der Waals surface area contributed by atoms with Gasteiger partial charge in [0.2, 0.25) is 5.91 Å². The van der Waals surface area contributed by atoms with Gasteiger partial charge in [0, 0.05) is 32.7 Å². The summed E-state index contributed by atoms with van der Waals surface area (Å²) >= 11 is 1.45. The lowest BCUT2D eigenvalue weighted by molar-refractivity contribution is -0.130. The first-order valence-corrected chi connectivity index (χ1v) is 10.8. The lowest BCUT2D eigenvalue weighted by Gasteiger charge is -2.34. The van der Waals surface area contributed by atoms with Gasteiger partial charge in [-0.3, -0.25) is 14.3 Å². The minimum absolute atomic E-state index is 0.161. The van der Waals surface area contributed by atoms with E-state index in [9.17, 15) is 4.79 Å². The number of nitrogens with zero attached hydrogens (tertiary/aromatic N) is 5. The molecule has 0 unspecified atom stereocenters. The summed E-state index contributed by atoms with van der Waals surface area (Å²) in [5, 5.41) is 8.99. The molecule has 0 aliphatic carbocycles. The van der Waals surface area contributed by atoms with Crippen LogP contribution in [-0.4, -0.2) is 62.4 Å². The molecule has 0 N–H and O–H groups in total. The van der Waals surface area contributed by atoms with Crippen molar-refractivity contribution in [2.75, 3.05) is 31.9 Å². The maximum Gasteiger partial charge on any atom is 0.233 e. The topological polar surface area (TPSA) is 54.3 Å². The first-order valence-electron chi connectivity index (χ1n) is 9.83. The van der Waals surface area contributed by atoms with Gasteiger partial charge in [0.1, 0.15) is 6.33 Å². The van der Waals surface area contributed by atoms with E-state index in [4.69, 9.17) is 0 Å². The molecule has 2 heterocycles. The first-order chi connectivity index (χ1) is 14.2. The minimum atomic E-state index is 0.161. The van der Waals surface area contributed by atoms with Gasteiger partial charge in [-0.25, -0.2) is 0 Å². The van der Waals surface area contributed by atoms with Crippen molar-refractivity contribution in [3.8, 4) is 5.69 Å². The van der Waals surface area contributed by atoms with Crippen molar-refractivity contribution in [2.24, 2.45) is 0 Å². The third-order valence-electron chi connectivity index (χ3n) is 5.19. The molecule has 1 aromatic heterocycles. The number of piperazine rings is 1. The molecule has 150 valence electrons. The second kappa shape index (κ2) is 9.24. The quantitative estimate of drug-likeness (QED) is 0.588. The van der Waals surface area contributed by atoms with Crippen LogP contribution in [0.25, 0.3) is 5.69 Å². The fraction of sp³-hybridized carbons (Fsp3) is 0.318. The molecule has 1 aliphatic heterocycles. The van der Waals surface area contributed by atoms with Crippen LogP contribution in [0, 0.1) is 6.92 Å².